The molecule has 1 spiro atoms. The van der Waals surface area contributed by atoms with Crippen LogP contribution >= 0.6 is 23.2 Å². The monoisotopic (exact) mass is 562 g/mol. The summed E-state index contributed by atoms with van der Waals surface area (Å²) in [6, 6.07) is 4.14. The third-order valence-electron chi connectivity index (χ3n) is 8.62. The zero-order valence-corrected chi connectivity index (χ0v) is 23.4. The van der Waals surface area contributed by atoms with Gasteiger partial charge in [-0.2, -0.15) is 0 Å². The molecule has 1 aromatic carbocycles. The highest BCUT2D eigenvalue weighted by atomic mass is 35.5. The van der Waals surface area contributed by atoms with Crippen LogP contribution in [0.1, 0.15) is 46.0 Å². The Kier molecular flexibility index (Phi) is 8.06. The van der Waals surface area contributed by atoms with Crippen LogP contribution in [0.4, 0.5) is 5.69 Å². The van der Waals surface area contributed by atoms with Crippen molar-refractivity contribution in [2.75, 3.05) is 31.5 Å². The quantitative estimate of drug-likeness (QED) is 0.446. The molecule has 10 heteroatoms. The normalized spacial score (nSPS) is 30.2. The minimum atomic E-state index is -1.16. The first kappa shape index (κ1) is 27.4. The number of nitrogens with one attached hydrogen (secondary N) is 2. The molecule has 8 nitrogen and oxygen atoms in total. The number of rotatable bonds is 9. The van der Waals surface area contributed by atoms with Crippen LogP contribution < -0.4 is 10.6 Å². The molecule has 38 heavy (non-hydrogen) atoms. The molecule has 2 saturated heterocycles. The molecule has 3 heterocycles. The summed E-state index contributed by atoms with van der Waals surface area (Å²) in [7, 11) is 0. The van der Waals surface area contributed by atoms with Crippen LogP contribution in [0.3, 0.4) is 0 Å². The molecule has 4 aliphatic rings. The third-order valence-corrected chi connectivity index (χ3v) is 9.35. The molecule has 2 bridgehead atoms. The lowest BCUT2D eigenvalue weighted by Crippen LogP contribution is -2.57. The predicted molar refractivity (Wildman–Crippen MR) is 147 cm³/mol. The number of carbonyl (C=O) groups is 3. The van der Waals surface area contributed by atoms with Crippen molar-refractivity contribution in [2.24, 2.45) is 11.8 Å². The molecule has 2 N–H and O–H groups in total. The second-order valence-electron chi connectivity index (χ2n) is 10.7. The Hall–Kier alpha value is -2.13. The number of hydrogen-bond donors (Lipinski definition) is 2. The van der Waals surface area contributed by atoms with Crippen molar-refractivity contribution in [1.82, 2.24) is 15.1 Å². The molecule has 0 aromatic heterocycles. The molecule has 3 unspecified atom stereocenters. The van der Waals surface area contributed by atoms with Crippen LogP contribution in [0.15, 0.2) is 30.4 Å². The van der Waals surface area contributed by atoms with Crippen molar-refractivity contribution in [2.45, 2.75) is 69.7 Å². The zero-order valence-electron chi connectivity index (χ0n) is 21.9. The number of anilines is 1. The van der Waals surface area contributed by atoms with E-state index >= 15 is 0 Å². The van der Waals surface area contributed by atoms with Gasteiger partial charge in [-0.1, -0.05) is 68.5 Å². The van der Waals surface area contributed by atoms with E-state index in [-0.39, 0.29) is 23.8 Å². The van der Waals surface area contributed by atoms with Gasteiger partial charge in [0.25, 0.3) is 0 Å². The Morgan fingerprint density at radius 2 is 1.84 bits per heavy atom. The fourth-order valence-corrected chi connectivity index (χ4v) is 6.92. The highest BCUT2D eigenvalue weighted by Gasteiger charge is 2.72. The summed E-state index contributed by atoms with van der Waals surface area (Å²) in [6.45, 7) is 6.88. The first-order valence-electron chi connectivity index (χ1n) is 13.7. The number of likely N-dealkylation sites (tertiary alicyclic amines) is 1. The van der Waals surface area contributed by atoms with Crippen molar-refractivity contribution in [3.05, 3.63) is 40.4 Å². The number of likely N-dealkylation sites (N-methyl/N-ethyl adjacent to an activating group) is 1. The van der Waals surface area contributed by atoms with E-state index in [2.05, 4.69) is 29.4 Å². The van der Waals surface area contributed by atoms with E-state index in [4.69, 9.17) is 27.9 Å². The van der Waals surface area contributed by atoms with E-state index in [1.807, 2.05) is 12.2 Å². The van der Waals surface area contributed by atoms with Crippen LogP contribution in [0.25, 0.3) is 0 Å². The summed E-state index contributed by atoms with van der Waals surface area (Å²) in [4.78, 5) is 45.3. The van der Waals surface area contributed by atoms with Gasteiger partial charge < -0.3 is 25.2 Å². The van der Waals surface area contributed by atoms with E-state index < -0.39 is 29.6 Å². The average molecular weight is 564 g/mol. The van der Waals surface area contributed by atoms with Gasteiger partial charge in [-0.15, -0.1) is 0 Å². The minimum Gasteiger partial charge on any atom is -0.359 e. The zero-order chi connectivity index (χ0) is 27.0. The molecule has 1 aliphatic carbocycles. The fraction of sp³-hybridized carbons (Fsp3) is 0.607. The summed E-state index contributed by atoms with van der Waals surface area (Å²) in [5.74, 6) is -2.27. The molecule has 5 atom stereocenters. The van der Waals surface area contributed by atoms with E-state index in [9.17, 15) is 14.4 Å². The standard InChI is InChI=1S/C28H36Cl2N4O4/c1-3-33(4-2)14-15-34-24(26(36)31-17-8-6-5-7-9-17)28-13-12-21(38-28)22(23(28)27(34)37)25(35)32-18-10-11-19(29)20(30)16-18/h10-13,16-17,21-24H,3-9,14-15H2,1-2H3,(H,31,36)(H,32,35)/t21-,22?,23-,24?,28?/m0/s1. The Bertz CT molecular complexity index is 1120. The predicted octanol–water partition coefficient (Wildman–Crippen LogP) is 3.87. The Morgan fingerprint density at radius 3 is 2.53 bits per heavy atom. The van der Waals surface area contributed by atoms with Gasteiger partial charge in [-0.3, -0.25) is 14.4 Å². The number of amides is 3. The van der Waals surface area contributed by atoms with Crippen LogP contribution in [0, 0.1) is 11.8 Å². The molecule has 206 valence electrons. The SMILES string of the molecule is CCN(CC)CCN1C(=O)[C@@H]2C(C(=O)Nc3ccc(Cl)c(Cl)c3)[C@@H]3C=CC2(O3)C1C(=O)NC1CCCCC1. The summed E-state index contributed by atoms with van der Waals surface area (Å²) in [6.07, 6.45) is 8.34. The molecule has 3 amide bonds. The number of halogens is 2. The second kappa shape index (κ2) is 11.2. The van der Waals surface area contributed by atoms with E-state index in [0.29, 0.717) is 28.8 Å². The Morgan fingerprint density at radius 1 is 1.11 bits per heavy atom. The number of benzene rings is 1. The van der Waals surface area contributed by atoms with E-state index in [1.54, 1.807) is 23.1 Å². The maximum Gasteiger partial charge on any atom is 0.246 e. The largest absolute Gasteiger partial charge is 0.359 e. The lowest BCUT2D eigenvalue weighted by molar-refractivity contribution is -0.141. The van der Waals surface area contributed by atoms with Gasteiger partial charge in [-0.05, 0) is 44.1 Å². The van der Waals surface area contributed by atoms with Gasteiger partial charge in [0.15, 0.2) is 0 Å². The summed E-state index contributed by atoms with van der Waals surface area (Å²) < 4.78 is 6.43. The summed E-state index contributed by atoms with van der Waals surface area (Å²) >= 11 is 12.2. The number of carbonyl (C=O) groups excluding carboxylic acids is 3. The van der Waals surface area contributed by atoms with Crippen molar-refractivity contribution in [1.29, 1.82) is 0 Å². The highest BCUT2D eigenvalue weighted by Crippen LogP contribution is 2.55. The summed E-state index contributed by atoms with van der Waals surface area (Å²) in [5.41, 5.74) is -0.677. The highest BCUT2D eigenvalue weighted by molar-refractivity contribution is 6.42. The first-order valence-corrected chi connectivity index (χ1v) is 14.5. The molecule has 1 saturated carbocycles. The van der Waals surface area contributed by atoms with Gasteiger partial charge in [0, 0.05) is 24.8 Å². The number of ether oxygens (including phenoxy) is 1. The Balaban J connectivity index is 1.42. The molecule has 3 fully saturated rings. The third kappa shape index (κ3) is 4.85. The lowest BCUT2D eigenvalue weighted by atomic mass is 9.74. The van der Waals surface area contributed by atoms with Crippen LogP contribution in [0.5, 0.6) is 0 Å². The molecule has 3 aliphatic heterocycles. The van der Waals surface area contributed by atoms with Crippen molar-refractivity contribution < 1.29 is 19.1 Å². The fourth-order valence-electron chi connectivity index (χ4n) is 6.62. The average Bonchev–Trinajstić information content (AvgIpc) is 3.55. The molecule has 1 aromatic rings. The van der Waals surface area contributed by atoms with Crippen molar-refractivity contribution in [3.8, 4) is 0 Å². The smallest absolute Gasteiger partial charge is 0.246 e. The van der Waals surface area contributed by atoms with Crippen LogP contribution in [-0.4, -0.2) is 77.5 Å². The van der Waals surface area contributed by atoms with Gasteiger partial charge >= 0.3 is 0 Å². The van der Waals surface area contributed by atoms with Crippen molar-refractivity contribution >= 4 is 46.6 Å². The molecule has 0 radical (unpaired) electrons. The molecular formula is C28H36Cl2N4O4. The van der Waals surface area contributed by atoms with Gasteiger partial charge in [0.2, 0.25) is 17.7 Å². The van der Waals surface area contributed by atoms with E-state index in [0.717, 1.165) is 38.8 Å². The second-order valence-corrected chi connectivity index (χ2v) is 11.5. The Labute approximate surface area is 234 Å². The maximum atomic E-state index is 14.0. The minimum absolute atomic E-state index is 0.0998. The van der Waals surface area contributed by atoms with Gasteiger partial charge in [0.05, 0.1) is 28.0 Å². The topological polar surface area (TPSA) is 91.0 Å². The van der Waals surface area contributed by atoms with Gasteiger partial charge in [-0.25, -0.2) is 0 Å². The number of nitrogens with zero attached hydrogens (tertiary/aromatic N) is 2. The van der Waals surface area contributed by atoms with E-state index in [1.165, 1.54) is 6.42 Å². The number of fused-ring (bicyclic) bond motifs is 1. The van der Waals surface area contributed by atoms with Gasteiger partial charge in [0.1, 0.15) is 11.6 Å². The van der Waals surface area contributed by atoms with Crippen LogP contribution in [0.2, 0.25) is 10.0 Å². The molecular weight excluding hydrogens is 527 g/mol. The lowest BCUT2D eigenvalue weighted by Gasteiger charge is -2.34. The first-order chi connectivity index (χ1) is 18.3. The van der Waals surface area contributed by atoms with Crippen molar-refractivity contribution in [3.63, 3.8) is 0 Å². The van der Waals surface area contributed by atoms with Crippen LogP contribution in [-0.2, 0) is 19.1 Å². The summed E-state index contributed by atoms with van der Waals surface area (Å²) in [5, 5.41) is 6.82. The molecule has 5 rings (SSSR count). The maximum absolute atomic E-state index is 14.0. The number of hydrogen-bond acceptors (Lipinski definition) is 5.